The highest BCUT2D eigenvalue weighted by Crippen LogP contribution is 2.33. The van der Waals surface area contributed by atoms with Crippen LogP contribution in [-0.2, 0) is 23.1 Å². The molecule has 1 aliphatic rings. The van der Waals surface area contributed by atoms with Crippen molar-refractivity contribution in [3.63, 3.8) is 0 Å². The van der Waals surface area contributed by atoms with E-state index in [1.807, 2.05) is 12.1 Å². The minimum absolute atomic E-state index is 0.125. The first-order chi connectivity index (χ1) is 14.5. The van der Waals surface area contributed by atoms with E-state index < -0.39 is 6.10 Å². The number of aromatic nitrogens is 2. The van der Waals surface area contributed by atoms with Gasteiger partial charge in [0.15, 0.2) is 6.10 Å². The second-order valence-corrected chi connectivity index (χ2v) is 7.10. The molecule has 0 saturated heterocycles. The Bertz CT molecular complexity index is 1190. The molecule has 4 rings (SSSR count). The number of rotatable bonds is 4. The fraction of sp³-hybridized carbons (Fsp3) is 0.273. The Labute approximate surface area is 173 Å². The van der Waals surface area contributed by atoms with Crippen LogP contribution >= 0.6 is 0 Å². The SMILES string of the molecule is CNC(=O)[C@@H]1CN(C(=O)CCc2nc3ccccc3c(=O)n2C)c2ccccc2O1. The highest BCUT2D eigenvalue weighted by molar-refractivity contribution is 5.97. The monoisotopic (exact) mass is 406 g/mol. The Morgan fingerprint density at radius 2 is 1.90 bits per heavy atom. The van der Waals surface area contributed by atoms with Gasteiger partial charge in [0.2, 0.25) is 5.91 Å². The van der Waals surface area contributed by atoms with Crippen molar-refractivity contribution >= 4 is 28.4 Å². The Balaban J connectivity index is 1.58. The lowest BCUT2D eigenvalue weighted by atomic mass is 10.1. The summed E-state index contributed by atoms with van der Waals surface area (Å²) >= 11 is 0. The van der Waals surface area contributed by atoms with Crippen LogP contribution in [0.25, 0.3) is 10.9 Å². The number of ether oxygens (including phenoxy) is 1. The molecule has 0 unspecified atom stereocenters. The second kappa shape index (κ2) is 7.98. The number of amides is 2. The summed E-state index contributed by atoms with van der Waals surface area (Å²) in [6, 6.07) is 14.3. The van der Waals surface area contributed by atoms with E-state index in [0.717, 1.165) is 0 Å². The van der Waals surface area contributed by atoms with E-state index in [1.165, 1.54) is 11.6 Å². The number of nitrogens with one attached hydrogen (secondary N) is 1. The number of hydrogen-bond acceptors (Lipinski definition) is 5. The van der Waals surface area contributed by atoms with Gasteiger partial charge in [0.05, 0.1) is 23.1 Å². The molecule has 8 heteroatoms. The highest BCUT2D eigenvalue weighted by atomic mass is 16.5. The van der Waals surface area contributed by atoms with Crippen molar-refractivity contribution in [2.45, 2.75) is 18.9 Å². The molecule has 2 amide bonds. The van der Waals surface area contributed by atoms with Crippen LogP contribution in [0, 0.1) is 0 Å². The van der Waals surface area contributed by atoms with Crippen LogP contribution in [0.15, 0.2) is 53.3 Å². The van der Waals surface area contributed by atoms with Gasteiger partial charge < -0.3 is 15.0 Å². The van der Waals surface area contributed by atoms with Crippen molar-refractivity contribution in [2.24, 2.45) is 7.05 Å². The van der Waals surface area contributed by atoms with E-state index in [4.69, 9.17) is 4.74 Å². The minimum Gasteiger partial charge on any atom is -0.477 e. The zero-order valence-electron chi connectivity index (χ0n) is 16.8. The van der Waals surface area contributed by atoms with Crippen molar-refractivity contribution in [1.29, 1.82) is 0 Å². The topological polar surface area (TPSA) is 93.5 Å². The predicted molar refractivity (Wildman–Crippen MR) is 113 cm³/mol. The lowest BCUT2D eigenvalue weighted by molar-refractivity contribution is -0.127. The van der Waals surface area contributed by atoms with Gasteiger partial charge in [0, 0.05) is 26.9 Å². The number of anilines is 1. The molecule has 154 valence electrons. The maximum absolute atomic E-state index is 13.1. The number of benzene rings is 2. The van der Waals surface area contributed by atoms with E-state index in [9.17, 15) is 14.4 Å². The van der Waals surface area contributed by atoms with Crippen molar-refractivity contribution in [3.8, 4) is 5.75 Å². The molecule has 0 radical (unpaired) electrons. The van der Waals surface area contributed by atoms with Crippen molar-refractivity contribution in [1.82, 2.24) is 14.9 Å². The molecule has 2 aromatic carbocycles. The Kier molecular flexibility index (Phi) is 5.22. The Morgan fingerprint density at radius 3 is 2.70 bits per heavy atom. The van der Waals surface area contributed by atoms with Gasteiger partial charge >= 0.3 is 0 Å². The molecule has 8 nitrogen and oxygen atoms in total. The number of nitrogens with zero attached hydrogens (tertiary/aromatic N) is 3. The number of likely N-dealkylation sites (N-methyl/N-ethyl adjacent to an activating group) is 1. The van der Waals surface area contributed by atoms with E-state index >= 15 is 0 Å². The third kappa shape index (κ3) is 3.52. The van der Waals surface area contributed by atoms with Gasteiger partial charge in [-0.2, -0.15) is 0 Å². The highest BCUT2D eigenvalue weighted by Gasteiger charge is 2.33. The lowest BCUT2D eigenvalue weighted by Gasteiger charge is -2.34. The van der Waals surface area contributed by atoms with Crippen LogP contribution in [0.2, 0.25) is 0 Å². The fourth-order valence-corrected chi connectivity index (χ4v) is 3.61. The van der Waals surface area contributed by atoms with Crippen molar-refractivity contribution in [2.75, 3.05) is 18.5 Å². The summed E-state index contributed by atoms with van der Waals surface area (Å²) in [6.07, 6.45) is -0.329. The van der Waals surface area contributed by atoms with Gasteiger partial charge in [0.1, 0.15) is 11.6 Å². The second-order valence-electron chi connectivity index (χ2n) is 7.10. The van der Waals surface area contributed by atoms with Gasteiger partial charge in [-0.3, -0.25) is 19.0 Å². The van der Waals surface area contributed by atoms with Gasteiger partial charge in [-0.1, -0.05) is 24.3 Å². The fourth-order valence-electron chi connectivity index (χ4n) is 3.61. The Morgan fingerprint density at radius 1 is 1.17 bits per heavy atom. The van der Waals surface area contributed by atoms with Crippen LogP contribution in [-0.4, -0.2) is 41.1 Å². The summed E-state index contributed by atoms with van der Waals surface area (Å²) in [4.78, 5) is 43.9. The molecule has 1 aliphatic heterocycles. The van der Waals surface area contributed by atoms with E-state index in [-0.39, 0.29) is 30.3 Å². The molecule has 1 aromatic heterocycles. The summed E-state index contributed by atoms with van der Waals surface area (Å²) in [5, 5.41) is 3.11. The number of para-hydroxylation sites is 3. The van der Waals surface area contributed by atoms with Crippen LogP contribution in [0.4, 0.5) is 5.69 Å². The molecule has 0 fully saturated rings. The average molecular weight is 406 g/mol. The number of hydrogen-bond donors (Lipinski definition) is 1. The van der Waals surface area contributed by atoms with E-state index in [2.05, 4.69) is 10.3 Å². The maximum atomic E-state index is 13.1. The van der Waals surface area contributed by atoms with E-state index in [0.29, 0.717) is 34.6 Å². The normalized spacial score (nSPS) is 15.4. The summed E-state index contributed by atoms with van der Waals surface area (Å²) < 4.78 is 7.23. The molecule has 0 saturated carbocycles. The van der Waals surface area contributed by atoms with Crippen molar-refractivity contribution in [3.05, 3.63) is 64.7 Å². The summed E-state index contributed by atoms with van der Waals surface area (Å²) in [6.45, 7) is 0.125. The summed E-state index contributed by atoms with van der Waals surface area (Å²) in [5.41, 5.74) is 1.10. The molecule has 30 heavy (non-hydrogen) atoms. The largest absolute Gasteiger partial charge is 0.477 e. The van der Waals surface area contributed by atoms with Gasteiger partial charge in [-0.25, -0.2) is 4.98 Å². The third-order valence-corrected chi connectivity index (χ3v) is 5.25. The number of carbonyl (C=O) groups excluding carboxylic acids is 2. The molecule has 0 aliphatic carbocycles. The average Bonchev–Trinajstić information content (AvgIpc) is 2.79. The van der Waals surface area contributed by atoms with E-state index in [1.54, 1.807) is 48.3 Å². The van der Waals surface area contributed by atoms with Crippen LogP contribution in [0.5, 0.6) is 5.75 Å². The zero-order valence-corrected chi connectivity index (χ0v) is 16.8. The van der Waals surface area contributed by atoms with Gasteiger partial charge in [-0.05, 0) is 24.3 Å². The lowest BCUT2D eigenvalue weighted by Crippen LogP contribution is -2.50. The molecule has 0 bridgehead atoms. The quantitative estimate of drug-likeness (QED) is 0.707. The molecule has 1 atom stereocenters. The van der Waals surface area contributed by atoms with Crippen molar-refractivity contribution < 1.29 is 14.3 Å². The molecular weight excluding hydrogens is 384 g/mol. The first-order valence-corrected chi connectivity index (χ1v) is 9.72. The zero-order chi connectivity index (χ0) is 21.3. The van der Waals surface area contributed by atoms with Crippen LogP contribution in [0.3, 0.4) is 0 Å². The Hall–Kier alpha value is -3.68. The number of fused-ring (bicyclic) bond motifs is 2. The predicted octanol–water partition coefficient (Wildman–Crippen LogP) is 1.41. The standard InChI is InChI=1S/C22H22N4O4/c1-23-21(28)18-13-26(16-9-5-6-10-17(16)30-18)20(27)12-11-19-24-15-8-4-3-7-14(15)22(29)25(19)2/h3-10,18H,11-13H2,1-2H3,(H,23,28)/t18-/m0/s1. The summed E-state index contributed by atoms with van der Waals surface area (Å²) in [7, 11) is 3.19. The summed E-state index contributed by atoms with van der Waals surface area (Å²) in [5.74, 6) is 0.571. The van der Waals surface area contributed by atoms with Crippen LogP contribution in [0.1, 0.15) is 12.2 Å². The number of aryl methyl sites for hydroxylation is 1. The third-order valence-electron chi connectivity index (χ3n) is 5.25. The number of carbonyl (C=O) groups is 2. The van der Waals surface area contributed by atoms with Crippen LogP contribution < -0.4 is 20.5 Å². The maximum Gasteiger partial charge on any atom is 0.262 e. The molecular formula is C22H22N4O4. The minimum atomic E-state index is -0.781. The van der Waals surface area contributed by atoms with Gasteiger partial charge in [-0.15, -0.1) is 0 Å². The molecule has 2 heterocycles. The molecule has 3 aromatic rings. The molecule has 0 spiro atoms. The molecule has 1 N–H and O–H groups in total. The van der Waals surface area contributed by atoms with Gasteiger partial charge in [0.25, 0.3) is 11.5 Å². The first kappa shape index (κ1) is 19.6. The first-order valence-electron chi connectivity index (χ1n) is 9.72. The smallest absolute Gasteiger partial charge is 0.262 e.